The Balaban J connectivity index is 2.26. The fourth-order valence-electron chi connectivity index (χ4n) is 0.945. The number of rotatable bonds is 4. The molecule has 5 nitrogen and oxygen atoms in total. The molecule has 0 bridgehead atoms. The van der Waals surface area contributed by atoms with Crippen LogP contribution in [0.4, 0.5) is 0 Å². The fourth-order valence-corrected chi connectivity index (χ4v) is 0.945. The van der Waals surface area contributed by atoms with Gasteiger partial charge in [-0.2, -0.15) is 0 Å². The minimum Gasteiger partial charge on any atom is -0.366 e. The number of ether oxygens (including phenoxy) is 1. The molecule has 0 saturated heterocycles. The summed E-state index contributed by atoms with van der Waals surface area (Å²) >= 11 is 0. The Morgan fingerprint density at radius 1 is 1.50 bits per heavy atom. The fraction of sp³-hybridized carbons (Fsp3) is 0.545. The Bertz CT molecular complexity index is 333. The van der Waals surface area contributed by atoms with Gasteiger partial charge in [0.2, 0.25) is 5.91 Å². The van der Waals surface area contributed by atoms with Crippen molar-refractivity contribution in [3.05, 3.63) is 24.3 Å². The van der Waals surface area contributed by atoms with Crippen LogP contribution in [-0.4, -0.2) is 28.1 Å². The molecule has 0 aliphatic rings. The number of aromatic nitrogens is 2. The standard InChI is InChI=1S/C11H17N3O2/c1-11(2,3)16-7-10(15)13-6-9-4-5-12-8-14-9/h4-5,8H,6-7H2,1-3H3,(H,13,15). The zero-order chi connectivity index (χ0) is 12.0. The monoisotopic (exact) mass is 223 g/mol. The topological polar surface area (TPSA) is 64.1 Å². The summed E-state index contributed by atoms with van der Waals surface area (Å²) < 4.78 is 5.33. The van der Waals surface area contributed by atoms with Crippen molar-refractivity contribution in [2.75, 3.05) is 6.61 Å². The highest BCUT2D eigenvalue weighted by atomic mass is 16.5. The van der Waals surface area contributed by atoms with E-state index in [9.17, 15) is 4.79 Å². The van der Waals surface area contributed by atoms with Crippen molar-refractivity contribution in [2.45, 2.75) is 32.9 Å². The number of carbonyl (C=O) groups is 1. The average Bonchev–Trinajstić information content (AvgIpc) is 2.24. The highest BCUT2D eigenvalue weighted by Crippen LogP contribution is 2.05. The minimum atomic E-state index is -0.299. The lowest BCUT2D eigenvalue weighted by atomic mass is 10.2. The second-order valence-electron chi connectivity index (χ2n) is 4.38. The van der Waals surface area contributed by atoms with Crippen LogP contribution < -0.4 is 5.32 Å². The van der Waals surface area contributed by atoms with E-state index in [2.05, 4.69) is 15.3 Å². The Morgan fingerprint density at radius 2 is 2.25 bits per heavy atom. The van der Waals surface area contributed by atoms with E-state index in [0.717, 1.165) is 5.69 Å². The van der Waals surface area contributed by atoms with Crippen molar-refractivity contribution >= 4 is 5.91 Å². The highest BCUT2D eigenvalue weighted by Gasteiger charge is 2.12. The van der Waals surface area contributed by atoms with Crippen molar-refractivity contribution in [3.63, 3.8) is 0 Å². The van der Waals surface area contributed by atoms with Gasteiger partial charge < -0.3 is 10.1 Å². The first-order valence-electron chi connectivity index (χ1n) is 5.13. The van der Waals surface area contributed by atoms with E-state index in [1.165, 1.54) is 6.33 Å². The van der Waals surface area contributed by atoms with Crippen LogP contribution in [0.3, 0.4) is 0 Å². The lowest BCUT2D eigenvalue weighted by Crippen LogP contribution is -2.31. The van der Waals surface area contributed by atoms with Gasteiger partial charge in [-0.3, -0.25) is 4.79 Å². The van der Waals surface area contributed by atoms with E-state index in [-0.39, 0.29) is 18.1 Å². The van der Waals surface area contributed by atoms with E-state index in [1.54, 1.807) is 12.3 Å². The summed E-state index contributed by atoms with van der Waals surface area (Å²) in [6, 6.07) is 1.75. The molecule has 0 fully saturated rings. The van der Waals surface area contributed by atoms with Crippen LogP contribution in [0.25, 0.3) is 0 Å². The summed E-state index contributed by atoms with van der Waals surface area (Å²) in [5.41, 5.74) is 0.478. The summed E-state index contributed by atoms with van der Waals surface area (Å²) in [5.74, 6) is -0.145. The lowest BCUT2D eigenvalue weighted by Gasteiger charge is -2.18. The van der Waals surface area contributed by atoms with Crippen molar-refractivity contribution in [3.8, 4) is 0 Å². The van der Waals surface area contributed by atoms with Gasteiger partial charge in [0.25, 0.3) is 0 Å². The molecule has 1 amide bonds. The largest absolute Gasteiger partial charge is 0.366 e. The van der Waals surface area contributed by atoms with Gasteiger partial charge >= 0.3 is 0 Å². The molecule has 0 atom stereocenters. The van der Waals surface area contributed by atoms with Gasteiger partial charge in [0.15, 0.2) is 0 Å². The zero-order valence-electron chi connectivity index (χ0n) is 9.86. The third kappa shape index (κ3) is 5.41. The molecule has 16 heavy (non-hydrogen) atoms. The molecule has 0 aliphatic carbocycles. The van der Waals surface area contributed by atoms with Crippen LogP contribution >= 0.6 is 0 Å². The minimum absolute atomic E-state index is 0.0641. The summed E-state index contributed by atoms with van der Waals surface area (Å²) in [6.07, 6.45) is 3.09. The second-order valence-corrected chi connectivity index (χ2v) is 4.38. The Morgan fingerprint density at radius 3 is 2.81 bits per heavy atom. The molecule has 0 spiro atoms. The predicted octanol–water partition coefficient (Wildman–Crippen LogP) is 0.908. The van der Waals surface area contributed by atoms with Crippen molar-refractivity contribution < 1.29 is 9.53 Å². The zero-order valence-corrected chi connectivity index (χ0v) is 9.86. The molecule has 0 radical (unpaired) electrons. The van der Waals surface area contributed by atoms with Crippen LogP contribution in [-0.2, 0) is 16.1 Å². The third-order valence-corrected chi connectivity index (χ3v) is 1.75. The predicted molar refractivity (Wildman–Crippen MR) is 59.6 cm³/mol. The Labute approximate surface area is 95.3 Å². The summed E-state index contributed by atoms with van der Waals surface area (Å²) in [6.45, 7) is 6.18. The molecule has 5 heteroatoms. The number of carbonyl (C=O) groups excluding carboxylic acids is 1. The van der Waals surface area contributed by atoms with Gasteiger partial charge in [0.1, 0.15) is 12.9 Å². The number of hydrogen-bond donors (Lipinski definition) is 1. The van der Waals surface area contributed by atoms with E-state index in [4.69, 9.17) is 4.74 Å². The van der Waals surface area contributed by atoms with Crippen LogP contribution in [0, 0.1) is 0 Å². The van der Waals surface area contributed by atoms with E-state index < -0.39 is 0 Å². The van der Waals surface area contributed by atoms with Gasteiger partial charge in [0.05, 0.1) is 17.8 Å². The Hall–Kier alpha value is -1.49. The molecule has 1 aromatic heterocycles. The molecule has 0 unspecified atom stereocenters. The summed E-state index contributed by atoms with van der Waals surface area (Å²) in [4.78, 5) is 19.2. The quantitative estimate of drug-likeness (QED) is 0.824. The van der Waals surface area contributed by atoms with Crippen molar-refractivity contribution in [1.29, 1.82) is 0 Å². The molecule has 1 aromatic rings. The number of hydrogen-bond acceptors (Lipinski definition) is 4. The first-order valence-corrected chi connectivity index (χ1v) is 5.13. The smallest absolute Gasteiger partial charge is 0.246 e. The molecule has 1 rings (SSSR count). The third-order valence-electron chi connectivity index (χ3n) is 1.75. The number of nitrogens with one attached hydrogen (secondary N) is 1. The maximum atomic E-state index is 11.4. The van der Waals surface area contributed by atoms with Crippen LogP contribution in [0.15, 0.2) is 18.6 Å². The lowest BCUT2D eigenvalue weighted by molar-refractivity contribution is -0.130. The molecule has 1 heterocycles. The Kier molecular flexibility index (Phi) is 4.37. The maximum absolute atomic E-state index is 11.4. The first kappa shape index (κ1) is 12.6. The highest BCUT2D eigenvalue weighted by molar-refractivity contribution is 5.77. The van der Waals surface area contributed by atoms with E-state index in [0.29, 0.717) is 6.54 Å². The van der Waals surface area contributed by atoms with Crippen LogP contribution in [0.2, 0.25) is 0 Å². The molecule has 0 saturated carbocycles. The van der Waals surface area contributed by atoms with E-state index >= 15 is 0 Å². The molecular formula is C11H17N3O2. The van der Waals surface area contributed by atoms with Gasteiger partial charge in [-0.15, -0.1) is 0 Å². The summed E-state index contributed by atoms with van der Waals surface area (Å²) in [7, 11) is 0. The van der Waals surface area contributed by atoms with Gasteiger partial charge in [-0.1, -0.05) is 0 Å². The maximum Gasteiger partial charge on any atom is 0.246 e. The molecule has 0 aromatic carbocycles. The second kappa shape index (κ2) is 5.55. The number of nitrogens with zero attached hydrogens (tertiary/aromatic N) is 2. The van der Waals surface area contributed by atoms with Crippen LogP contribution in [0.1, 0.15) is 26.5 Å². The summed E-state index contributed by atoms with van der Waals surface area (Å²) in [5, 5.41) is 2.72. The van der Waals surface area contributed by atoms with Gasteiger partial charge in [0, 0.05) is 6.20 Å². The molecule has 1 N–H and O–H groups in total. The SMILES string of the molecule is CC(C)(C)OCC(=O)NCc1ccncn1. The van der Waals surface area contributed by atoms with Gasteiger partial charge in [-0.25, -0.2) is 9.97 Å². The van der Waals surface area contributed by atoms with Crippen LogP contribution in [0.5, 0.6) is 0 Å². The normalized spacial score (nSPS) is 11.2. The first-order chi connectivity index (χ1) is 7.47. The molecule has 0 aliphatic heterocycles. The number of amides is 1. The molecular weight excluding hydrogens is 206 g/mol. The van der Waals surface area contributed by atoms with E-state index in [1.807, 2.05) is 20.8 Å². The average molecular weight is 223 g/mol. The van der Waals surface area contributed by atoms with Crippen molar-refractivity contribution in [2.24, 2.45) is 0 Å². The molecule has 88 valence electrons. The van der Waals surface area contributed by atoms with Crippen molar-refractivity contribution in [1.82, 2.24) is 15.3 Å². The van der Waals surface area contributed by atoms with Gasteiger partial charge in [-0.05, 0) is 26.8 Å².